The van der Waals surface area contributed by atoms with Gasteiger partial charge in [-0.15, -0.1) is 16.4 Å². The van der Waals surface area contributed by atoms with E-state index in [-0.39, 0.29) is 18.5 Å². The van der Waals surface area contributed by atoms with Crippen molar-refractivity contribution < 1.29 is 17.9 Å². The molecule has 1 aliphatic rings. The smallest absolute Gasteiger partial charge is 0.377 e. The van der Waals surface area contributed by atoms with E-state index in [2.05, 4.69) is 15.5 Å². The number of halogens is 3. The lowest BCUT2D eigenvalue weighted by Gasteiger charge is -2.24. The SMILES string of the molecule is FC(F)(F)Cn1nnnc1CN(Cc1cccs1)C[C@H]1CCCO1. The van der Waals surface area contributed by atoms with Gasteiger partial charge in [-0.25, -0.2) is 4.68 Å². The van der Waals surface area contributed by atoms with Gasteiger partial charge >= 0.3 is 6.18 Å². The molecule has 1 fully saturated rings. The number of tetrazole rings is 1. The average Bonchev–Trinajstić information content (AvgIpc) is 3.22. The van der Waals surface area contributed by atoms with Crippen molar-refractivity contribution in [3.63, 3.8) is 0 Å². The maximum absolute atomic E-state index is 12.6. The van der Waals surface area contributed by atoms with Crippen LogP contribution in [0.1, 0.15) is 23.5 Å². The Morgan fingerprint density at radius 2 is 2.25 bits per heavy atom. The molecule has 0 bridgehead atoms. The molecule has 0 aromatic carbocycles. The highest BCUT2D eigenvalue weighted by molar-refractivity contribution is 7.09. The molecule has 1 saturated heterocycles. The van der Waals surface area contributed by atoms with E-state index in [0.29, 0.717) is 13.1 Å². The van der Waals surface area contributed by atoms with Crippen molar-refractivity contribution in [3.05, 3.63) is 28.2 Å². The van der Waals surface area contributed by atoms with Gasteiger partial charge in [-0.2, -0.15) is 13.2 Å². The summed E-state index contributed by atoms with van der Waals surface area (Å²) < 4.78 is 44.3. The third-order valence-electron chi connectivity index (χ3n) is 3.75. The zero-order valence-corrected chi connectivity index (χ0v) is 13.8. The molecule has 0 unspecified atom stereocenters. The highest BCUT2D eigenvalue weighted by Crippen LogP contribution is 2.20. The van der Waals surface area contributed by atoms with Gasteiger partial charge in [0, 0.05) is 24.6 Å². The fourth-order valence-corrected chi connectivity index (χ4v) is 3.46. The normalized spacial score (nSPS) is 18.6. The summed E-state index contributed by atoms with van der Waals surface area (Å²) in [6.07, 6.45) is -2.26. The van der Waals surface area contributed by atoms with Crippen molar-refractivity contribution in [1.29, 1.82) is 0 Å². The molecule has 0 radical (unpaired) electrons. The highest BCUT2D eigenvalue weighted by atomic mass is 32.1. The molecular formula is C14H18F3N5OS. The quantitative estimate of drug-likeness (QED) is 0.758. The van der Waals surface area contributed by atoms with Gasteiger partial charge in [0.2, 0.25) is 0 Å². The third kappa shape index (κ3) is 4.99. The van der Waals surface area contributed by atoms with E-state index in [0.717, 1.165) is 29.0 Å². The molecule has 132 valence electrons. The van der Waals surface area contributed by atoms with Crippen LogP contribution in [0.4, 0.5) is 13.2 Å². The monoisotopic (exact) mass is 361 g/mol. The van der Waals surface area contributed by atoms with Gasteiger partial charge in [-0.05, 0) is 34.7 Å². The maximum atomic E-state index is 12.6. The predicted molar refractivity (Wildman–Crippen MR) is 81.3 cm³/mol. The molecule has 1 atom stereocenters. The lowest BCUT2D eigenvalue weighted by Crippen LogP contribution is -2.33. The Morgan fingerprint density at radius 3 is 2.92 bits per heavy atom. The van der Waals surface area contributed by atoms with E-state index < -0.39 is 12.7 Å². The number of hydrogen-bond acceptors (Lipinski definition) is 6. The molecule has 24 heavy (non-hydrogen) atoms. The standard InChI is InChI=1S/C14H18F3N5OS/c15-14(16,17)10-22-13(18-19-20-22)9-21(7-11-3-1-5-23-11)8-12-4-2-6-24-12/h2,4,6,11H,1,3,5,7-10H2/t11-/m1/s1. The molecule has 10 heteroatoms. The summed E-state index contributed by atoms with van der Waals surface area (Å²) in [4.78, 5) is 3.18. The number of hydrogen-bond donors (Lipinski definition) is 0. The van der Waals surface area contributed by atoms with Crippen LogP contribution >= 0.6 is 11.3 Å². The number of ether oxygens (including phenoxy) is 1. The van der Waals surface area contributed by atoms with Gasteiger partial charge < -0.3 is 4.74 Å². The number of nitrogens with zero attached hydrogens (tertiary/aromatic N) is 5. The molecule has 0 aliphatic carbocycles. The summed E-state index contributed by atoms with van der Waals surface area (Å²) in [6, 6.07) is 3.96. The van der Waals surface area contributed by atoms with E-state index in [9.17, 15) is 13.2 Å². The zero-order chi connectivity index (χ0) is 17.0. The van der Waals surface area contributed by atoms with Crippen molar-refractivity contribution >= 4 is 11.3 Å². The second-order valence-electron chi connectivity index (χ2n) is 5.75. The third-order valence-corrected chi connectivity index (χ3v) is 4.61. The number of thiophene rings is 1. The minimum atomic E-state index is -4.35. The van der Waals surface area contributed by atoms with Crippen molar-refractivity contribution in [2.45, 2.75) is 44.8 Å². The maximum Gasteiger partial charge on any atom is 0.408 e. The molecule has 6 nitrogen and oxygen atoms in total. The first-order valence-electron chi connectivity index (χ1n) is 7.68. The van der Waals surface area contributed by atoms with Crippen LogP contribution in [-0.4, -0.2) is 50.5 Å². The van der Waals surface area contributed by atoms with Crippen LogP contribution in [0.25, 0.3) is 0 Å². The Kier molecular flexibility index (Phi) is 5.47. The van der Waals surface area contributed by atoms with Crippen LogP contribution in [-0.2, 0) is 24.4 Å². The molecular weight excluding hydrogens is 343 g/mol. The number of rotatable bonds is 7. The minimum Gasteiger partial charge on any atom is -0.377 e. The van der Waals surface area contributed by atoms with Gasteiger partial charge in [0.15, 0.2) is 5.82 Å². The van der Waals surface area contributed by atoms with Gasteiger partial charge in [-0.1, -0.05) is 6.07 Å². The first kappa shape index (κ1) is 17.3. The largest absolute Gasteiger partial charge is 0.408 e. The van der Waals surface area contributed by atoms with Crippen LogP contribution < -0.4 is 0 Å². The molecule has 3 heterocycles. The van der Waals surface area contributed by atoms with Crippen molar-refractivity contribution in [2.75, 3.05) is 13.2 Å². The topological polar surface area (TPSA) is 56.1 Å². The molecule has 0 amide bonds. The van der Waals surface area contributed by atoms with Crippen LogP contribution in [0.2, 0.25) is 0 Å². The molecule has 2 aromatic rings. The van der Waals surface area contributed by atoms with Gasteiger partial charge in [0.1, 0.15) is 6.54 Å². The first-order valence-corrected chi connectivity index (χ1v) is 8.56. The summed E-state index contributed by atoms with van der Waals surface area (Å²) in [5, 5.41) is 12.6. The zero-order valence-electron chi connectivity index (χ0n) is 12.9. The lowest BCUT2D eigenvalue weighted by molar-refractivity contribution is -0.143. The molecule has 3 rings (SSSR count). The van der Waals surface area contributed by atoms with Crippen molar-refractivity contribution in [3.8, 4) is 0 Å². The van der Waals surface area contributed by atoms with E-state index in [4.69, 9.17) is 4.74 Å². The van der Waals surface area contributed by atoms with Crippen LogP contribution in [0.5, 0.6) is 0 Å². The Balaban J connectivity index is 1.69. The highest BCUT2D eigenvalue weighted by Gasteiger charge is 2.30. The average molecular weight is 361 g/mol. The summed E-state index contributed by atoms with van der Waals surface area (Å²) in [5.74, 6) is 0.210. The second kappa shape index (κ2) is 7.58. The summed E-state index contributed by atoms with van der Waals surface area (Å²) >= 11 is 1.62. The van der Waals surface area contributed by atoms with Gasteiger partial charge in [0.25, 0.3) is 0 Å². The Morgan fingerprint density at radius 1 is 1.38 bits per heavy atom. The molecule has 0 spiro atoms. The van der Waals surface area contributed by atoms with Gasteiger partial charge in [0.05, 0.1) is 12.6 Å². The van der Waals surface area contributed by atoms with Crippen molar-refractivity contribution in [1.82, 2.24) is 25.1 Å². The van der Waals surface area contributed by atoms with E-state index in [1.807, 2.05) is 22.4 Å². The Bertz CT molecular complexity index is 625. The fourth-order valence-electron chi connectivity index (χ4n) is 2.71. The predicted octanol–water partition coefficient (Wildman–Crippen LogP) is 2.48. The minimum absolute atomic E-state index is 0.108. The van der Waals surface area contributed by atoms with Crippen molar-refractivity contribution in [2.24, 2.45) is 0 Å². The lowest BCUT2D eigenvalue weighted by atomic mass is 10.2. The molecule has 0 saturated carbocycles. The number of alkyl halides is 3. The van der Waals surface area contributed by atoms with Gasteiger partial charge in [-0.3, -0.25) is 4.90 Å². The van der Waals surface area contributed by atoms with Crippen LogP contribution in [0, 0.1) is 0 Å². The Hall–Kier alpha value is -1.52. The van der Waals surface area contributed by atoms with Crippen LogP contribution in [0.15, 0.2) is 17.5 Å². The van der Waals surface area contributed by atoms with E-state index in [1.165, 1.54) is 0 Å². The fraction of sp³-hybridized carbons (Fsp3) is 0.643. The molecule has 2 aromatic heterocycles. The Labute approximate surface area is 141 Å². The molecule has 0 N–H and O–H groups in total. The summed E-state index contributed by atoms with van der Waals surface area (Å²) in [5.41, 5.74) is 0. The summed E-state index contributed by atoms with van der Waals surface area (Å²) in [6.45, 7) is 1.10. The first-order chi connectivity index (χ1) is 11.5. The van der Waals surface area contributed by atoms with E-state index >= 15 is 0 Å². The van der Waals surface area contributed by atoms with Crippen LogP contribution in [0.3, 0.4) is 0 Å². The second-order valence-corrected chi connectivity index (χ2v) is 6.78. The molecule has 1 aliphatic heterocycles. The summed E-state index contributed by atoms with van der Waals surface area (Å²) in [7, 11) is 0. The number of aromatic nitrogens is 4. The van der Waals surface area contributed by atoms with E-state index in [1.54, 1.807) is 11.3 Å².